The van der Waals surface area contributed by atoms with Crippen LogP contribution in [0.2, 0.25) is 0 Å². The van der Waals surface area contributed by atoms with Crippen LogP contribution in [0.3, 0.4) is 0 Å². The summed E-state index contributed by atoms with van der Waals surface area (Å²) in [6.07, 6.45) is 0.115. The Morgan fingerprint density at radius 1 is 1.38 bits per heavy atom. The summed E-state index contributed by atoms with van der Waals surface area (Å²) in [5, 5.41) is 11.1. The second-order valence-corrected chi connectivity index (χ2v) is 2.64. The van der Waals surface area contributed by atoms with Crippen LogP contribution in [0.1, 0.15) is 6.42 Å². The Labute approximate surface area is 76.4 Å². The van der Waals surface area contributed by atoms with E-state index in [0.717, 1.165) is 0 Å². The molecule has 0 aromatic heterocycles. The van der Waals surface area contributed by atoms with Crippen LogP contribution >= 0.6 is 0 Å². The minimum atomic E-state index is -0.202. The van der Waals surface area contributed by atoms with Crippen molar-refractivity contribution in [2.45, 2.75) is 6.42 Å². The van der Waals surface area contributed by atoms with E-state index in [1.54, 1.807) is 24.3 Å². The zero-order valence-corrected chi connectivity index (χ0v) is 7.16. The van der Waals surface area contributed by atoms with Crippen molar-refractivity contribution in [2.75, 3.05) is 17.7 Å². The summed E-state index contributed by atoms with van der Waals surface area (Å²) in [4.78, 5) is 11.0. The number of carbonyl (C=O) groups excluding carboxylic acids is 1. The molecule has 4 heteroatoms. The van der Waals surface area contributed by atoms with Crippen LogP contribution in [0, 0.1) is 0 Å². The molecule has 0 aliphatic carbocycles. The highest BCUT2D eigenvalue weighted by atomic mass is 16.3. The van der Waals surface area contributed by atoms with Gasteiger partial charge in [-0.1, -0.05) is 0 Å². The van der Waals surface area contributed by atoms with Crippen LogP contribution in [0.4, 0.5) is 11.4 Å². The third-order valence-corrected chi connectivity index (χ3v) is 1.53. The van der Waals surface area contributed by atoms with Gasteiger partial charge in [-0.05, 0) is 24.3 Å². The number of nitrogens with two attached hydrogens (primary N) is 1. The number of benzene rings is 1. The van der Waals surface area contributed by atoms with Gasteiger partial charge >= 0.3 is 0 Å². The van der Waals surface area contributed by atoms with E-state index >= 15 is 0 Å². The Kier molecular flexibility index (Phi) is 3.28. The highest BCUT2D eigenvalue weighted by Gasteiger charge is 1.99. The Hall–Kier alpha value is -1.55. The number of hydrogen-bond acceptors (Lipinski definition) is 3. The lowest BCUT2D eigenvalue weighted by Crippen LogP contribution is -2.12. The van der Waals surface area contributed by atoms with E-state index < -0.39 is 0 Å². The molecule has 1 aromatic carbocycles. The van der Waals surface area contributed by atoms with E-state index in [1.807, 2.05) is 0 Å². The fourth-order valence-electron chi connectivity index (χ4n) is 0.891. The maximum Gasteiger partial charge on any atom is 0.226 e. The van der Waals surface area contributed by atoms with E-state index in [9.17, 15) is 4.79 Å². The molecule has 1 rings (SSSR count). The van der Waals surface area contributed by atoms with Gasteiger partial charge in [0.05, 0.1) is 13.0 Å². The van der Waals surface area contributed by atoms with Crippen molar-refractivity contribution in [3.63, 3.8) is 0 Å². The zero-order valence-electron chi connectivity index (χ0n) is 7.16. The van der Waals surface area contributed by atoms with Crippen molar-refractivity contribution in [3.05, 3.63) is 24.3 Å². The highest BCUT2D eigenvalue weighted by Crippen LogP contribution is 2.10. The minimum absolute atomic E-state index is 0.115. The SMILES string of the molecule is Nc1ccc(NC(=O)CCO)cc1. The van der Waals surface area contributed by atoms with Gasteiger partial charge in [-0.3, -0.25) is 4.79 Å². The smallest absolute Gasteiger partial charge is 0.226 e. The van der Waals surface area contributed by atoms with E-state index in [0.29, 0.717) is 11.4 Å². The van der Waals surface area contributed by atoms with Gasteiger partial charge in [0.2, 0.25) is 5.91 Å². The Balaban J connectivity index is 2.54. The number of rotatable bonds is 3. The first-order valence-electron chi connectivity index (χ1n) is 3.98. The largest absolute Gasteiger partial charge is 0.399 e. The first-order valence-corrected chi connectivity index (χ1v) is 3.98. The number of nitrogen functional groups attached to an aromatic ring is 1. The number of hydrogen-bond donors (Lipinski definition) is 3. The summed E-state index contributed by atoms with van der Waals surface area (Å²) in [6.45, 7) is -0.138. The molecule has 0 aliphatic heterocycles. The van der Waals surface area contributed by atoms with E-state index in [1.165, 1.54) is 0 Å². The van der Waals surface area contributed by atoms with Gasteiger partial charge in [-0.15, -0.1) is 0 Å². The predicted molar refractivity (Wildman–Crippen MR) is 51.2 cm³/mol. The van der Waals surface area contributed by atoms with Crippen LogP contribution in [-0.2, 0) is 4.79 Å². The summed E-state index contributed by atoms with van der Waals surface area (Å²) in [5.74, 6) is -0.202. The zero-order chi connectivity index (χ0) is 9.68. The summed E-state index contributed by atoms with van der Waals surface area (Å²) < 4.78 is 0. The minimum Gasteiger partial charge on any atom is -0.399 e. The number of carbonyl (C=O) groups is 1. The molecule has 0 heterocycles. The maximum absolute atomic E-state index is 11.0. The molecule has 0 spiro atoms. The molecule has 4 nitrogen and oxygen atoms in total. The van der Waals surface area contributed by atoms with Gasteiger partial charge in [0.25, 0.3) is 0 Å². The van der Waals surface area contributed by atoms with Gasteiger partial charge < -0.3 is 16.2 Å². The van der Waals surface area contributed by atoms with Crippen molar-refractivity contribution < 1.29 is 9.90 Å². The molecule has 0 fully saturated rings. The lowest BCUT2D eigenvalue weighted by Gasteiger charge is -2.03. The fourth-order valence-corrected chi connectivity index (χ4v) is 0.891. The standard InChI is InChI=1S/C9H12N2O2/c10-7-1-3-8(4-2-7)11-9(13)5-6-12/h1-4,12H,5-6,10H2,(H,11,13). The molecule has 0 bridgehead atoms. The van der Waals surface area contributed by atoms with Crippen molar-refractivity contribution >= 4 is 17.3 Å². The average Bonchev–Trinajstić information content (AvgIpc) is 2.09. The van der Waals surface area contributed by atoms with Gasteiger partial charge in [0.15, 0.2) is 0 Å². The van der Waals surface area contributed by atoms with E-state index in [-0.39, 0.29) is 18.9 Å². The fraction of sp³-hybridized carbons (Fsp3) is 0.222. The summed E-state index contributed by atoms with van der Waals surface area (Å²) >= 11 is 0. The second kappa shape index (κ2) is 4.47. The Morgan fingerprint density at radius 2 is 2.00 bits per heavy atom. The number of nitrogens with one attached hydrogen (secondary N) is 1. The second-order valence-electron chi connectivity index (χ2n) is 2.64. The van der Waals surface area contributed by atoms with Gasteiger partial charge in [0.1, 0.15) is 0 Å². The lowest BCUT2D eigenvalue weighted by molar-refractivity contribution is -0.116. The molecule has 13 heavy (non-hydrogen) atoms. The van der Waals surface area contributed by atoms with Crippen molar-refractivity contribution in [1.82, 2.24) is 0 Å². The van der Waals surface area contributed by atoms with E-state index in [4.69, 9.17) is 10.8 Å². The maximum atomic E-state index is 11.0. The summed E-state index contributed by atoms with van der Waals surface area (Å²) in [7, 11) is 0. The highest BCUT2D eigenvalue weighted by molar-refractivity contribution is 5.90. The van der Waals surface area contributed by atoms with Crippen molar-refractivity contribution in [3.8, 4) is 0 Å². The van der Waals surface area contributed by atoms with Crippen molar-refractivity contribution in [2.24, 2.45) is 0 Å². The molecule has 0 radical (unpaired) electrons. The van der Waals surface area contributed by atoms with E-state index in [2.05, 4.69) is 5.32 Å². The first kappa shape index (κ1) is 9.54. The Morgan fingerprint density at radius 3 is 2.54 bits per heavy atom. The monoisotopic (exact) mass is 180 g/mol. The quantitative estimate of drug-likeness (QED) is 0.596. The van der Waals surface area contributed by atoms with Gasteiger partial charge in [-0.2, -0.15) is 0 Å². The number of anilines is 2. The first-order chi connectivity index (χ1) is 6.22. The normalized spacial score (nSPS) is 9.62. The topological polar surface area (TPSA) is 75.3 Å². The third-order valence-electron chi connectivity index (χ3n) is 1.53. The van der Waals surface area contributed by atoms with Crippen molar-refractivity contribution in [1.29, 1.82) is 0 Å². The van der Waals surface area contributed by atoms with Crippen LogP contribution in [0.5, 0.6) is 0 Å². The molecule has 70 valence electrons. The third kappa shape index (κ3) is 3.13. The van der Waals surface area contributed by atoms with Gasteiger partial charge in [-0.25, -0.2) is 0 Å². The molecule has 0 saturated carbocycles. The van der Waals surface area contributed by atoms with Crippen LogP contribution in [0.15, 0.2) is 24.3 Å². The van der Waals surface area contributed by atoms with Crippen LogP contribution in [-0.4, -0.2) is 17.6 Å². The summed E-state index contributed by atoms with van der Waals surface area (Å²) in [5.41, 5.74) is 6.80. The predicted octanol–water partition coefficient (Wildman–Crippen LogP) is 0.590. The van der Waals surface area contributed by atoms with Gasteiger partial charge in [0, 0.05) is 11.4 Å². The Bertz CT molecular complexity index is 282. The van der Waals surface area contributed by atoms with Crippen LogP contribution in [0.25, 0.3) is 0 Å². The molecule has 1 amide bonds. The molecular weight excluding hydrogens is 168 g/mol. The lowest BCUT2D eigenvalue weighted by atomic mass is 10.3. The molecular formula is C9H12N2O2. The molecule has 1 aromatic rings. The number of aliphatic hydroxyl groups excluding tert-OH is 1. The average molecular weight is 180 g/mol. The van der Waals surface area contributed by atoms with Crippen LogP contribution < -0.4 is 11.1 Å². The number of amides is 1. The molecule has 4 N–H and O–H groups in total. The number of aliphatic hydroxyl groups is 1. The molecule has 0 atom stereocenters. The summed E-state index contributed by atoms with van der Waals surface area (Å²) in [6, 6.07) is 6.83. The molecule has 0 unspecified atom stereocenters. The molecule has 0 aliphatic rings. The molecule has 0 saturated heterocycles.